The third kappa shape index (κ3) is 2.83. The number of nitrogens with one attached hydrogen (secondary N) is 1. The van der Waals surface area contributed by atoms with Gasteiger partial charge in [0.15, 0.2) is 0 Å². The highest BCUT2D eigenvalue weighted by molar-refractivity contribution is 4.99. The number of likely N-dealkylation sites (tertiary alicyclic amines) is 1. The van der Waals surface area contributed by atoms with Crippen LogP contribution in [0.5, 0.6) is 0 Å². The molecule has 3 nitrogen and oxygen atoms in total. The molecular weight excluding hydrogens is 212 g/mol. The quantitative estimate of drug-likeness (QED) is 0.812. The summed E-state index contributed by atoms with van der Waals surface area (Å²) in [6.45, 7) is 10.2. The van der Waals surface area contributed by atoms with E-state index < -0.39 is 0 Å². The lowest BCUT2D eigenvalue weighted by Crippen LogP contribution is -2.41. The molecule has 2 heterocycles. The van der Waals surface area contributed by atoms with Crippen LogP contribution >= 0.6 is 0 Å². The largest absolute Gasteiger partial charge is 0.383 e. The van der Waals surface area contributed by atoms with E-state index in [0.29, 0.717) is 6.04 Å². The topological polar surface area (TPSA) is 24.5 Å². The van der Waals surface area contributed by atoms with Crippen molar-refractivity contribution in [2.45, 2.75) is 57.7 Å². The van der Waals surface area contributed by atoms with Gasteiger partial charge in [-0.25, -0.2) is 0 Å². The highest BCUT2D eigenvalue weighted by Gasteiger charge is 2.41. The van der Waals surface area contributed by atoms with Crippen LogP contribution in [0.2, 0.25) is 0 Å². The van der Waals surface area contributed by atoms with Gasteiger partial charge in [0, 0.05) is 31.3 Å². The molecule has 0 aromatic heterocycles. The molecule has 3 heteroatoms. The van der Waals surface area contributed by atoms with Crippen molar-refractivity contribution in [3.63, 3.8) is 0 Å². The van der Waals surface area contributed by atoms with Crippen LogP contribution in [-0.4, -0.2) is 49.3 Å². The number of rotatable bonds is 4. The van der Waals surface area contributed by atoms with Gasteiger partial charge in [-0.15, -0.1) is 0 Å². The zero-order valence-electron chi connectivity index (χ0n) is 11.8. The molecule has 0 saturated carbocycles. The zero-order valence-corrected chi connectivity index (χ0v) is 11.8. The van der Waals surface area contributed by atoms with Gasteiger partial charge in [0.25, 0.3) is 0 Å². The van der Waals surface area contributed by atoms with E-state index >= 15 is 0 Å². The maximum atomic E-state index is 5.34. The lowest BCUT2D eigenvalue weighted by Gasteiger charge is -2.33. The van der Waals surface area contributed by atoms with Gasteiger partial charge in [0.1, 0.15) is 0 Å². The summed E-state index contributed by atoms with van der Waals surface area (Å²) in [5.74, 6) is 0.806. The molecule has 3 unspecified atom stereocenters. The Morgan fingerprint density at radius 1 is 1.47 bits per heavy atom. The molecule has 100 valence electrons. The average molecular weight is 240 g/mol. The molecule has 3 atom stereocenters. The van der Waals surface area contributed by atoms with Gasteiger partial charge in [0.05, 0.1) is 6.61 Å². The highest BCUT2D eigenvalue weighted by Crippen LogP contribution is 2.34. The first-order valence-corrected chi connectivity index (χ1v) is 7.05. The van der Waals surface area contributed by atoms with Crippen LogP contribution in [0.1, 0.15) is 40.0 Å². The van der Waals surface area contributed by atoms with Crippen LogP contribution in [0.25, 0.3) is 0 Å². The number of ether oxygens (including phenoxy) is 1. The fourth-order valence-electron chi connectivity index (χ4n) is 3.76. The van der Waals surface area contributed by atoms with Crippen molar-refractivity contribution in [1.29, 1.82) is 0 Å². The molecule has 2 rings (SSSR count). The monoisotopic (exact) mass is 240 g/mol. The molecule has 0 radical (unpaired) electrons. The lowest BCUT2D eigenvalue weighted by atomic mass is 9.89. The fourth-order valence-corrected chi connectivity index (χ4v) is 3.76. The van der Waals surface area contributed by atoms with Crippen molar-refractivity contribution < 1.29 is 4.74 Å². The molecule has 1 N–H and O–H groups in total. The second kappa shape index (κ2) is 5.25. The SMILES string of the molecule is COCC1(C)CC(C2CCCN2C(C)C)CN1. The minimum Gasteiger partial charge on any atom is -0.383 e. The van der Waals surface area contributed by atoms with Crippen molar-refractivity contribution in [3.05, 3.63) is 0 Å². The summed E-state index contributed by atoms with van der Waals surface area (Å²) in [6.07, 6.45) is 4.02. The Balaban J connectivity index is 1.96. The van der Waals surface area contributed by atoms with Gasteiger partial charge in [-0.05, 0) is 52.5 Å². The van der Waals surface area contributed by atoms with Crippen LogP contribution in [0.3, 0.4) is 0 Å². The van der Waals surface area contributed by atoms with E-state index in [1.165, 1.54) is 25.8 Å². The number of hydrogen-bond donors (Lipinski definition) is 1. The van der Waals surface area contributed by atoms with Crippen LogP contribution in [0.15, 0.2) is 0 Å². The molecular formula is C14H28N2O. The normalized spacial score (nSPS) is 39.4. The molecule has 0 aromatic rings. The zero-order chi connectivity index (χ0) is 12.5. The standard InChI is InChI=1S/C14H28N2O/c1-11(2)16-7-5-6-13(16)12-8-14(3,10-17-4)15-9-12/h11-13,15H,5-10H2,1-4H3. The summed E-state index contributed by atoms with van der Waals surface area (Å²) in [4.78, 5) is 2.70. The molecule has 0 amide bonds. The minimum atomic E-state index is 0.199. The second-order valence-electron chi connectivity index (χ2n) is 6.38. The third-order valence-electron chi connectivity index (χ3n) is 4.52. The summed E-state index contributed by atoms with van der Waals surface area (Å²) in [6, 6.07) is 1.48. The summed E-state index contributed by atoms with van der Waals surface area (Å²) in [5.41, 5.74) is 0.199. The fraction of sp³-hybridized carbons (Fsp3) is 1.00. The summed E-state index contributed by atoms with van der Waals surface area (Å²) in [5, 5.41) is 3.67. The van der Waals surface area contributed by atoms with Gasteiger partial charge in [-0.3, -0.25) is 4.90 Å². The Hall–Kier alpha value is -0.120. The van der Waals surface area contributed by atoms with Crippen molar-refractivity contribution >= 4 is 0 Å². The van der Waals surface area contributed by atoms with E-state index in [2.05, 4.69) is 31.0 Å². The smallest absolute Gasteiger partial charge is 0.0641 e. The molecule has 2 aliphatic heterocycles. The van der Waals surface area contributed by atoms with Gasteiger partial charge >= 0.3 is 0 Å². The van der Waals surface area contributed by atoms with E-state index in [0.717, 1.165) is 25.1 Å². The molecule has 0 bridgehead atoms. The maximum absolute atomic E-state index is 5.34. The Bertz CT molecular complexity index is 257. The molecule has 0 spiro atoms. The molecule has 17 heavy (non-hydrogen) atoms. The Morgan fingerprint density at radius 3 is 2.88 bits per heavy atom. The van der Waals surface area contributed by atoms with Gasteiger partial charge in [-0.1, -0.05) is 0 Å². The Kier molecular flexibility index (Phi) is 4.11. The highest BCUT2D eigenvalue weighted by atomic mass is 16.5. The Morgan fingerprint density at radius 2 is 2.24 bits per heavy atom. The molecule has 2 saturated heterocycles. The van der Waals surface area contributed by atoms with Gasteiger partial charge < -0.3 is 10.1 Å². The molecule has 2 fully saturated rings. The van der Waals surface area contributed by atoms with E-state index in [-0.39, 0.29) is 5.54 Å². The number of hydrogen-bond acceptors (Lipinski definition) is 3. The lowest BCUT2D eigenvalue weighted by molar-refractivity contribution is 0.118. The first kappa shape index (κ1) is 13.3. The third-order valence-corrected chi connectivity index (χ3v) is 4.52. The predicted molar refractivity (Wildman–Crippen MR) is 71.3 cm³/mol. The van der Waals surface area contributed by atoms with E-state index in [1.807, 2.05) is 0 Å². The molecule has 2 aliphatic rings. The second-order valence-corrected chi connectivity index (χ2v) is 6.38. The molecule has 0 aromatic carbocycles. The summed E-state index contributed by atoms with van der Waals surface area (Å²) in [7, 11) is 1.80. The minimum absolute atomic E-state index is 0.199. The summed E-state index contributed by atoms with van der Waals surface area (Å²) >= 11 is 0. The first-order chi connectivity index (χ1) is 8.06. The van der Waals surface area contributed by atoms with Crippen molar-refractivity contribution in [3.8, 4) is 0 Å². The number of methoxy groups -OCH3 is 1. The van der Waals surface area contributed by atoms with Crippen LogP contribution in [0.4, 0.5) is 0 Å². The van der Waals surface area contributed by atoms with Gasteiger partial charge in [-0.2, -0.15) is 0 Å². The van der Waals surface area contributed by atoms with E-state index in [9.17, 15) is 0 Å². The van der Waals surface area contributed by atoms with Crippen molar-refractivity contribution in [1.82, 2.24) is 10.2 Å². The van der Waals surface area contributed by atoms with Crippen LogP contribution in [-0.2, 0) is 4.74 Å². The van der Waals surface area contributed by atoms with E-state index in [4.69, 9.17) is 4.74 Å². The summed E-state index contributed by atoms with van der Waals surface area (Å²) < 4.78 is 5.34. The van der Waals surface area contributed by atoms with Crippen molar-refractivity contribution in [2.75, 3.05) is 26.8 Å². The van der Waals surface area contributed by atoms with Crippen molar-refractivity contribution in [2.24, 2.45) is 5.92 Å². The van der Waals surface area contributed by atoms with E-state index in [1.54, 1.807) is 7.11 Å². The maximum Gasteiger partial charge on any atom is 0.0641 e. The van der Waals surface area contributed by atoms with Crippen LogP contribution < -0.4 is 5.32 Å². The average Bonchev–Trinajstić information content (AvgIpc) is 2.84. The van der Waals surface area contributed by atoms with Crippen LogP contribution in [0, 0.1) is 5.92 Å². The first-order valence-electron chi connectivity index (χ1n) is 7.05. The van der Waals surface area contributed by atoms with Gasteiger partial charge in [0.2, 0.25) is 0 Å². The Labute approximate surface area is 106 Å². The number of nitrogens with zero attached hydrogens (tertiary/aromatic N) is 1. The predicted octanol–water partition coefficient (Wildman–Crippen LogP) is 1.87. The molecule has 0 aliphatic carbocycles.